The zero-order chi connectivity index (χ0) is 19.3. The second kappa shape index (κ2) is 6.57. The Balaban J connectivity index is 1.68. The van der Waals surface area contributed by atoms with E-state index in [2.05, 4.69) is 47.4 Å². The van der Waals surface area contributed by atoms with Crippen molar-refractivity contribution in [1.82, 2.24) is 4.90 Å². The van der Waals surface area contributed by atoms with E-state index in [9.17, 15) is 5.11 Å². The van der Waals surface area contributed by atoms with Gasteiger partial charge in [-0.15, -0.1) is 0 Å². The van der Waals surface area contributed by atoms with Crippen molar-refractivity contribution in [1.29, 1.82) is 0 Å². The van der Waals surface area contributed by atoms with E-state index in [0.29, 0.717) is 5.69 Å². The van der Waals surface area contributed by atoms with E-state index in [4.69, 9.17) is 10.5 Å². The molecule has 4 heteroatoms. The Labute approximate surface area is 165 Å². The predicted molar refractivity (Wildman–Crippen MR) is 111 cm³/mol. The van der Waals surface area contributed by atoms with Crippen molar-refractivity contribution in [2.24, 2.45) is 0 Å². The Bertz CT molecular complexity index is 1030. The summed E-state index contributed by atoms with van der Waals surface area (Å²) < 4.78 is 5.43. The maximum atomic E-state index is 10.2. The number of methoxy groups -OCH3 is 1. The number of phenols is 1. The summed E-state index contributed by atoms with van der Waals surface area (Å²) in [6.45, 7) is 0.977. The van der Waals surface area contributed by atoms with Gasteiger partial charge in [-0.3, -0.25) is 4.90 Å². The number of benzene rings is 3. The van der Waals surface area contributed by atoms with Crippen molar-refractivity contribution >= 4 is 5.69 Å². The van der Waals surface area contributed by atoms with E-state index in [1.165, 1.54) is 27.8 Å². The molecular weight excluding hydrogens is 348 g/mol. The maximum absolute atomic E-state index is 10.2. The molecule has 3 aromatic rings. The summed E-state index contributed by atoms with van der Waals surface area (Å²) in [6.07, 6.45) is 1.86. The number of hydrogen-bond donors (Lipinski definition) is 2. The Morgan fingerprint density at radius 3 is 2.61 bits per heavy atom. The van der Waals surface area contributed by atoms with E-state index < -0.39 is 0 Å². The number of rotatable bonds is 2. The third-order valence-corrected chi connectivity index (χ3v) is 6.19. The molecule has 4 nitrogen and oxygen atoms in total. The van der Waals surface area contributed by atoms with Gasteiger partial charge in [0.05, 0.1) is 18.8 Å². The Hall–Kier alpha value is -2.98. The van der Waals surface area contributed by atoms with Crippen LogP contribution >= 0.6 is 0 Å². The number of anilines is 1. The number of ether oxygens (including phenoxy) is 1. The van der Waals surface area contributed by atoms with Gasteiger partial charge < -0.3 is 15.6 Å². The fourth-order valence-electron chi connectivity index (χ4n) is 4.86. The molecule has 0 amide bonds. The molecule has 0 saturated carbocycles. The second-order valence-electron chi connectivity index (χ2n) is 7.70. The van der Waals surface area contributed by atoms with Crippen molar-refractivity contribution < 1.29 is 9.84 Å². The zero-order valence-electron chi connectivity index (χ0n) is 15.9. The zero-order valence-corrected chi connectivity index (χ0v) is 15.9. The molecule has 2 aliphatic heterocycles. The molecule has 5 rings (SSSR count). The van der Waals surface area contributed by atoms with Crippen LogP contribution in [-0.2, 0) is 12.8 Å². The molecule has 2 unspecified atom stereocenters. The fraction of sp³-hybridized carbons (Fsp3) is 0.250. The van der Waals surface area contributed by atoms with Gasteiger partial charge in [0.15, 0.2) is 0 Å². The lowest BCUT2D eigenvalue weighted by molar-refractivity contribution is 0.129. The lowest BCUT2D eigenvalue weighted by Crippen LogP contribution is -2.43. The number of phenolic OH excluding ortho intramolecular Hbond substituents is 1. The molecule has 3 N–H and O–H groups in total. The largest absolute Gasteiger partial charge is 0.506 e. The molecule has 2 atom stereocenters. The van der Waals surface area contributed by atoms with Gasteiger partial charge in [0.25, 0.3) is 0 Å². The number of fused-ring (bicyclic) bond motifs is 4. The average Bonchev–Trinajstić information content (AvgIpc) is 2.73. The van der Waals surface area contributed by atoms with Crippen LogP contribution in [0.2, 0.25) is 0 Å². The van der Waals surface area contributed by atoms with Crippen molar-refractivity contribution in [2.75, 3.05) is 19.4 Å². The Morgan fingerprint density at radius 2 is 1.82 bits per heavy atom. The van der Waals surface area contributed by atoms with E-state index in [0.717, 1.165) is 25.1 Å². The van der Waals surface area contributed by atoms with Crippen LogP contribution in [0.4, 0.5) is 5.69 Å². The minimum Gasteiger partial charge on any atom is -0.506 e. The van der Waals surface area contributed by atoms with Gasteiger partial charge in [0, 0.05) is 12.6 Å². The molecule has 0 aromatic heterocycles. The molecular formula is C24H24N2O2. The molecule has 0 aliphatic carbocycles. The van der Waals surface area contributed by atoms with Crippen LogP contribution < -0.4 is 10.5 Å². The molecule has 0 saturated heterocycles. The fourth-order valence-corrected chi connectivity index (χ4v) is 4.86. The summed E-state index contributed by atoms with van der Waals surface area (Å²) in [4.78, 5) is 2.59. The van der Waals surface area contributed by atoms with Crippen molar-refractivity contribution in [3.8, 4) is 11.5 Å². The highest BCUT2D eigenvalue weighted by Crippen LogP contribution is 2.48. The van der Waals surface area contributed by atoms with Crippen LogP contribution in [0.15, 0.2) is 60.7 Å². The van der Waals surface area contributed by atoms with E-state index in [1.807, 2.05) is 18.2 Å². The lowest BCUT2D eigenvalue weighted by Gasteiger charge is -2.47. The molecule has 0 spiro atoms. The van der Waals surface area contributed by atoms with Crippen LogP contribution in [0.25, 0.3) is 0 Å². The third-order valence-electron chi connectivity index (χ3n) is 6.19. The van der Waals surface area contributed by atoms with Gasteiger partial charge in [-0.25, -0.2) is 0 Å². The van der Waals surface area contributed by atoms with Gasteiger partial charge in [-0.1, -0.05) is 36.4 Å². The van der Waals surface area contributed by atoms with Crippen molar-refractivity contribution in [3.63, 3.8) is 0 Å². The van der Waals surface area contributed by atoms with Crippen LogP contribution in [0.1, 0.15) is 39.9 Å². The van der Waals surface area contributed by atoms with Gasteiger partial charge in [-0.2, -0.15) is 0 Å². The van der Waals surface area contributed by atoms with Gasteiger partial charge in [-0.05, 0) is 64.9 Å². The predicted octanol–water partition coefficient (Wildman–Crippen LogP) is 4.23. The quantitative estimate of drug-likeness (QED) is 0.522. The van der Waals surface area contributed by atoms with Crippen molar-refractivity contribution in [3.05, 3.63) is 88.5 Å². The first-order valence-electron chi connectivity index (χ1n) is 9.74. The molecule has 3 aromatic carbocycles. The highest BCUT2D eigenvalue weighted by Gasteiger charge is 2.39. The standard InChI is InChI=1S/C24H24N2O2/c1-28-18-7-8-19-16(11-18)9-10-26-22(19)12-17-13-23(27)21(25)14-20(17)24(26)15-5-3-2-4-6-15/h2-8,11,13-14,22,24,27H,9-10,12,25H2,1H3. The lowest BCUT2D eigenvalue weighted by atomic mass is 9.78. The number of nitrogen functional groups attached to an aromatic ring is 1. The van der Waals surface area contributed by atoms with Gasteiger partial charge in [0.2, 0.25) is 0 Å². The molecule has 0 bridgehead atoms. The molecule has 142 valence electrons. The van der Waals surface area contributed by atoms with Gasteiger partial charge in [0.1, 0.15) is 11.5 Å². The number of hydrogen-bond acceptors (Lipinski definition) is 4. The smallest absolute Gasteiger partial charge is 0.138 e. The molecule has 0 radical (unpaired) electrons. The van der Waals surface area contributed by atoms with Gasteiger partial charge >= 0.3 is 0 Å². The first kappa shape index (κ1) is 17.1. The van der Waals surface area contributed by atoms with Crippen LogP contribution in [0.3, 0.4) is 0 Å². The van der Waals surface area contributed by atoms with E-state index >= 15 is 0 Å². The summed E-state index contributed by atoms with van der Waals surface area (Å²) >= 11 is 0. The normalized spacial score (nSPS) is 20.8. The summed E-state index contributed by atoms with van der Waals surface area (Å²) in [5.74, 6) is 1.08. The minimum atomic E-state index is 0.133. The molecule has 0 fully saturated rings. The average molecular weight is 372 g/mol. The van der Waals surface area contributed by atoms with Crippen LogP contribution in [-0.4, -0.2) is 23.7 Å². The second-order valence-corrected chi connectivity index (χ2v) is 7.70. The summed E-state index contributed by atoms with van der Waals surface area (Å²) in [5, 5.41) is 10.2. The number of nitrogens with two attached hydrogens (primary N) is 1. The van der Waals surface area contributed by atoms with E-state index in [-0.39, 0.29) is 17.8 Å². The third kappa shape index (κ3) is 2.64. The molecule has 2 heterocycles. The molecule has 28 heavy (non-hydrogen) atoms. The minimum absolute atomic E-state index is 0.133. The maximum Gasteiger partial charge on any atom is 0.138 e. The monoisotopic (exact) mass is 372 g/mol. The van der Waals surface area contributed by atoms with Crippen LogP contribution in [0, 0.1) is 0 Å². The van der Waals surface area contributed by atoms with E-state index in [1.54, 1.807) is 7.11 Å². The topological polar surface area (TPSA) is 58.7 Å². The number of nitrogens with zero attached hydrogens (tertiary/aromatic N) is 1. The highest BCUT2D eigenvalue weighted by molar-refractivity contribution is 5.59. The number of aromatic hydroxyl groups is 1. The summed E-state index contributed by atoms with van der Waals surface area (Å²) in [5.41, 5.74) is 12.9. The summed E-state index contributed by atoms with van der Waals surface area (Å²) in [7, 11) is 1.71. The van der Waals surface area contributed by atoms with Crippen molar-refractivity contribution in [2.45, 2.75) is 24.9 Å². The first-order chi connectivity index (χ1) is 13.7. The first-order valence-corrected chi connectivity index (χ1v) is 9.74. The SMILES string of the molecule is COc1ccc2c(c1)CCN1C2Cc2cc(O)c(N)cc2C1c1ccccc1. The Morgan fingerprint density at radius 1 is 1.00 bits per heavy atom. The molecule has 2 aliphatic rings. The summed E-state index contributed by atoms with van der Waals surface area (Å²) in [6, 6.07) is 21.2. The van der Waals surface area contributed by atoms with Crippen LogP contribution in [0.5, 0.6) is 11.5 Å². The Kier molecular flexibility index (Phi) is 4.02. The highest BCUT2D eigenvalue weighted by atomic mass is 16.5.